The molecule has 30 heavy (non-hydrogen) atoms. The molecule has 162 valence electrons. The molecule has 0 aliphatic heterocycles. The number of nitrogens with zero attached hydrogens (tertiary/aromatic N) is 3. The Labute approximate surface area is 186 Å². The van der Waals surface area contributed by atoms with Crippen molar-refractivity contribution in [3.05, 3.63) is 35.1 Å². The fourth-order valence-corrected chi connectivity index (χ4v) is 4.70. The molecule has 1 aliphatic rings. The third-order valence-corrected chi connectivity index (χ3v) is 6.66. The third-order valence-electron chi connectivity index (χ3n) is 5.37. The average molecular weight is 450 g/mol. The van der Waals surface area contributed by atoms with Gasteiger partial charge in [-0.1, -0.05) is 55.3 Å². The number of rotatable bonds is 8. The maximum Gasteiger partial charge on any atom is 0.232 e. The molecule has 0 spiro atoms. The molecule has 1 aromatic heterocycles. The van der Waals surface area contributed by atoms with Gasteiger partial charge in [-0.05, 0) is 37.8 Å². The Kier molecular flexibility index (Phi) is 8.16. The summed E-state index contributed by atoms with van der Waals surface area (Å²) in [6.07, 6.45) is 4.72. The van der Waals surface area contributed by atoms with E-state index in [0.29, 0.717) is 34.2 Å². The minimum atomic E-state index is -0.217. The number of aromatic nitrogens is 3. The second-order valence-corrected chi connectivity index (χ2v) is 8.92. The highest BCUT2D eigenvalue weighted by molar-refractivity contribution is 7.99. The molecule has 7 nitrogen and oxygen atoms in total. The van der Waals surface area contributed by atoms with E-state index in [-0.39, 0.29) is 30.0 Å². The van der Waals surface area contributed by atoms with Crippen molar-refractivity contribution in [2.45, 2.75) is 63.7 Å². The number of nitrogens with one attached hydrogen (secondary N) is 2. The maximum absolute atomic E-state index is 12.4. The van der Waals surface area contributed by atoms with Gasteiger partial charge in [0.25, 0.3) is 0 Å². The summed E-state index contributed by atoms with van der Waals surface area (Å²) in [6, 6.07) is 7.35. The molecule has 2 amide bonds. The summed E-state index contributed by atoms with van der Waals surface area (Å²) in [4.78, 5) is 24.8. The van der Waals surface area contributed by atoms with Gasteiger partial charge in [0.05, 0.1) is 22.9 Å². The first-order chi connectivity index (χ1) is 14.5. The summed E-state index contributed by atoms with van der Waals surface area (Å²) in [5.41, 5.74) is 0.565. The lowest BCUT2D eigenvalue weighted by Crippen LogP contribution is -2.41. The van der Waals surface area contributed by atoms with Gasteiger partial charge >= 0.3 is 0 Å². The summed E-state index contributed by atoms with van der Waals surface area (Å²) in [5.74, 6) is 1.17. The molecule has 2 aromatic rings. The minimum absolute atomic E-state index is 0.0161. The van der Waals surface area contributed by atoms with E-state index in [1.165, 1.54) is 31.0 Å². The molecular weight excluding hydrogens is 422 g/mol. The zero-order chi connectivity index (χ0) is 21.5. The lowest BCUT2D eigenvalue weighted by molar-refractivity contribution is -0.120. The van der Waals surface area contributed by atoms with Gasteiger partial charge < -0.3 is 15.2 Å². The van der Waals surface area contributed by atoms with Crippen LogP contribution in [0.4, 0.5) is 5.69 Å². The Hall–Kier alpha value is -2.06. The first-order valence-electron chi connectivity index (χ1n) is 10.4. The van der Waals surface area contributed by atoms with E-state index in [2.05, 4.69) is 27.8 Å². The number of halogens is 1. The van der Waals surface area contributed by atoms with E-state index in [1.807, 2.05) is 17.6 Å². The second-order valence-electron chi connectivity index (χ2n) is 7.57. The van der Waals surface area contributed by atoms with Crippen molar-refractivity contribution < 1.29 is 9.59 Å². The average Bonchev–Trinajstić information content (AvgIpc) is 3.11. The van der Waals surface area contributed by atoms with Gasteiger partial charge in [-0.25, -0.2) is 0 Å². The standard InChI is InChI=1S/C21H28ClN5O2S/c1-3-27-18(12-19(28)24-17-11-7-5-9-15(17)22)25-26-21(27)30-13-20(29)23-16-10-6-4-8-14(16)2/h5,7,9,11,14,16H,3-4,6,8,10,12-13H2,1-2H3,(H,23,29)(H,24,28)/t14-,16+/m1/s1. The number of carbonyl (C=O) groups excluding carboxylic acids is 2. The van der Waals surface area contributed by atoms with Crippen LogP contribution >= 0.6 is 23.4 Å². The minimum Gasteiger partial charge on any atom is -0.352 e. The van der Waals surface area contributed by atoms with Crippen molar-refractivity contribution in [2.75, 3.05) is 11.1 Å². The molecule has 1 aromatic carbocycles. The molecule has 0 radical (unpaired) electrons. The fraction of sp³-hybridized carbons (Fsp3) is 0.524. The predicted molar refractivity (Wildman–Crippen MR) is 120 cm³/mol. The van der Waals surface area contributed by atoms with E-state index in [4.69, 9.17) is 11.6 Å². The molecule has 2 N–H and O–H groups in total. The summed E-state index contributed by atoms with van der Waals surface area (Å²) in [6.45, 7) is 4.78. The number of hydrogen-bond acceptors (Lipinski definition) is 5. The van der Waals surface area contributed by atoms with Crippen molar-refractivity contribution in [2.24, 2.45) is 5.92 Å². The topological polar surface area (TPSA) is 88.9 Å². The molecule has 1 fully saturated rings. The second kappa shape index (κ2) is 10.8. The summed E-state index contributed by atoms with van der Waals surface area (Å²) >= 11 is 7.44. The Morgan fingerprint density at radius 1 is 1.20 bits per heavy atom. The normalized spacial score (nSPS) is 18.8. The van der Waals surface area contributed by atoms with Crippen LogP contribution in [0, 0.1) is 5.92 Å². The van der Waals surface area contributed by atoms with E-state index < -0.39 is 0 Å². The van der Waals surface area contributed by atoms with Crippen molar-refractivity contribution in [1.29, 1.82) is 0 Å². The van der Waals surface area contributed by atoms with Crippen molar-refractivity contribution in [1.82, 2.24) is 20.1 Å². The zero-order valence-corrected chi connectivity index (χ0v) is 18.9. The van der Waals surface area contributed by atoms with Crippen molar-refractivity contribution >= 4 is 40.9 Å². The Morgan fingerprint density at radius 3 is 2.70 bits per heavy atom. The van der Waals surface area contributed by atoms with E-state index in [0.717, 1.165) is 6.42 Å². The molecule has 3 rings (SSSR count). The highest BCUT2D eigenvalue weighted by Gasteiger charge is 2.23. The smallest absolute Gasteiger partial charge is 0.232 e. The van der Waals surface area contributed by atoms with Crippen LogP contribution in [0.15, 0.2) is 29.4 Å². The van der Waals surface area contributed by atoms with Crippen molar-refractivity contribution in [3.8, 4) is 0 Å². The number of hydrogen-bond donors (Lipinski definition) is 2. The molecule has 0 unspecified atom stereocenters. The number of para-hydroxylation sites is 1. The van der Waals surface area contributed by atoms with Gasteiger partial charge in [0.15, 0.2) is 5.16 Å². The van der Waals surface area contributed by atoms with Crippen molar-refractivity contribution in [3.63, 3.8) is 0 Å². The Bertz CT molecular complexity index is 888. The van der Waals surface area contributed by atoms with Gasteiger partial charge in [-0.3, -0.25) is 9.59 Å². The largest absolute Gasteiger partial charge is 0.352 e. The molecule has 2 atom stereocenters. The van der Waals surface area contributed by atoms with Crippen LogP contribution in [0.1, 0.15) is 45.4 Å². The number of carbonyl (C=O) groups is 2. The molecule has 0 bridgehead atoms. The zero-order valence-electron chi connectivity index (χ0n) is 17.4. The third kappa shape index (κ3) is 5.98. The van der Waals surface area contributed by atoms with Crippen LogP contribution in [-0.2, 0) is 22.6 Å². The SMILES string of the molecule is CCn1c(CC(=O)Nc2ccccc2Cl)nnc1SCC(=O)N[C@H]1CCCC[C@H]1C. The quantitative estimate of drug-likeness (QED) is 0.596. The van der Waals surface area contributed by atoms with Gasteiger partial charge in [-0.15, -0.1) is 10.2 Å². The van der Waals surface area contributed by atoms with E-state index in [9.17, 15) is 9.59 Å². The summed E-state index contributed by atoms with van der Waals surface area (Å²) in [7, 11) is 0. The summed E-state index contributed by atoms with van der Waals surface area (Å²) < 4.78 is 1.87. The van der Waals surface area contributed by atoms with E-state index in [1.54, 1.807) is 18.2 Å². The lowest BCUT2D eigenvalue weighted by atomic mass is 9.86. The number of amides is 2. The molecular formula is C21H28ClN5O2S. The number of anilines is 1. The van der Waals surface area contributed by atoms with Crippen LogP contribution in [-0.4, -0.2) is 38.4 Å². The molecule has 0 saturated heterocycles. The van der Waals surface area contributed by atoms with E-state index >= 15 is 0 Å². The van der Waals surface area contributed by atoms with Crippen LogP contribution < -0.4 is 10.6 Å². The van der Waals surface area contributed by atoms with Gasteiger partial charge in [0, 0.05) is 12.6 Å². The molecule has 9 heteroatoms. The predicted octanol–water partition coefficient (Wildman–Crippen LogP) is 3.92. The first-order valence-corrected chi connectivity index (χ1v) is 11.7. The van der Waals surface area contributed by atoms with Gasteiger partial charge in [-0.2, -0.15) is 0 Å². The molecule has 1 aliphatic carbocycles. The van der Waals surface area contributed by atoms with Gasteiger partial charge in [0.1, 0.15) is 5.82 Å². The fourth-order valence-electron chi connectivity index (χ4n) is 3.68. The number of thioether (sulfide) groups is 1. The number of benzene rings is 1. The Balaban J connectivity index is 1.55. The first kappa shape index (κ1) is 22.6. The van der Waals surface area contributed by atoms with Crippen LogP contribution in [0.25, 0.3) is 0 Å². The summed E-state index contributed by atoms with van der Waals surface area (Å²) in [5, 5.41) is 15.4. The van der Waals surface area contributed by atoms with Crippen LogP contribution in [0.5, 0.6) is 0 Å². The molecule has 1 saturated carbocycles. The molecule has 1 heterocycles. The highest BCUT2D eigenvalue weighted by Crippen LogP contribution is 2.24. The van der Waals surface area contributed by atoms with Gasteiger partial charge in [0.2, 0.25) is 11.8 Å². The maximum atomic E-state index is 12.4. The Morgan fingerprint density at radius 2 is 1.97 bits per heavy atom. The van der Waals surface area contributed by atoms with Crippen LogP contribution in [0.2, 0.25) is 5.02 Å². The highest BCUT2D eigenvalue weighted by atomic mass is 35.5. The van der Waals surface area contributed by atoms with Crippen LogP contribution in [0.3, 0.4) is 0 Å². The monoisotopic (exact) mass is 449 g/mol. The lowest BCUT2D eigenvalue weighted by Gasteiger charge is -2.29.